The van der Waals surface area contributed by atoms with Crippen molar-refractivity contribution < 1.29 is 9.90 Å². The maximum Gasteiger partial charge on any atom is 0.234 e. The molecule has 0 aliphatic rings. The zero-order valence-electron chi connectivity index (χ0n) is 10.2. The van der Waals surface area contributed by atoms with Crippen LogP contribution in [-0.2, 0) is 11.3 Å². The molecule has 0 aromatic carbocycles. The molecular weight excluding hydrogens is 220 g/mol. The Balaban J connectivity index is 2.36. The van der Waals surface area contributed by atoms with E-state index in [1.807, 2.05) is 13.8 Å². The van der Waals surface area contributed by atoms with Gasteiger partial charge < -0.3 is 16.2 Å². The molecule has 6 nitrogen and oxygen atoms in total. The lowest BCUT2D eigenvalue weighted by Gasteiger charge is -2.21. The van der Waals surface area contributed by atoms with Crippen molar-refractivity contribution in [1.82, 2.24) is 15.1 Å². The number of aliphatic hydroxyl groups is 1. The Morgan fingerprint density at radius 2 is 2.29 bits per heavy atom. The molecule has 1 heterocycles. The minimum Gasteiger partial charge on any atom is -0.390 e. The second-order valence-corrected chi connectivity index (χ2v) is 4.41. The fourth-order valence-corrected chi connectivity index (χ4v) is 1.62. The van der Waals surface area contributed by atoms with Crippen molar-refractivity contribution in [2.45, 2.75) is 32.5 Å². The number of nitrogens with one attached hydrogen (secondary N) is 1. The van der Waals surface area contributed by atoms with Crippen molar-refractivity contribution in [2.75, 3.05) is 6.54 Å². The smallest absolute Gasteiger partial charge is 0.234 e. The number of nitrogens with two attached hydrogens (primary N) is 1. The van der Waals surface area contributed by atoms with Crippen LogP contribution in [0.5, 0.6) is 0 Å². The fraction of sp³-hybridized carbons (Fsp3) is 0.636. The van der Waals surface area contributed by atoms with Crippen molar-refractivity contribution in [2.24, 2.45) is 11.7 Å². The lowest BCUT2D eigenvalue weighted by molar-refractivity contribution is -0.121. The number of hydrogen-bond donors (Lipinski definition) is 3. The van der Waals surface area contributed by atoms with Gasteiger partial charge in [0.15, 0.2) is 0 Å². The maximum absolute atomic E-state index is 11.1. The van der Waals surface area contributed by atoms with Crippen LogP contribution in [0.3, 0.4) is 0 Å². The van der Waals surface area contributed by atoms with Crippen LogP contribution in [0.2, 0.25) is 0 Å². The van der Waals surface area contributed by atoms with Gasteiger partial charge in [0.05, 0.1) is 18.7 Å². The fourth-order valence-electron chi connectivity index (χ4n) is 1.62. The van der Waals surface area contributed by atoms with Crippen molar-refractivity contribution in [1.29, 1.82) is 0 Å². The molecule has 6 heteroatoms. The Morgan fingerprint density at radius 3 is 2.76 bits per heavy atom. The second-order valence-electron chi connectivity index (χ2n) is 4.41. The van der Waals surface area contributed by atoms with E-state index < -0.39 is 18.1 Å². The van der Waals surface area contributed by atoms with E-state index in [1.54, 1.807) is 23.1 Å². The van der Waals surface area contributed by atoms with Crippen LogP contribution >= 0.6 is 0 Å². The Labute approximate surface area is 101 Å². The Bertz CT molecular complexity index is 337. The number of carbonyl (C=O) groups excluding carboxylic acids is 1. The summed E-state index contributed by atoms with van der Waals surface area (Å²) in [6, 6.07) is 1.38. The van der Waals surface area contributed by atoms with Gasteiger partial charge in [-0.2, -0.15) is 5.10 Å². The number of nitrogens with zero attached hydrogens (tertiary/aromatic N) is 2. The number of primary amides is 1. The summed E-state index contributed by atoms with van der Waals surface area (Å²) in [6.07, 6.45) is 2.83. The van der Waals surface area contributed by atoms with E-state index in [-0.39, 0.29) is 5.92 Å². The predicted octanol–water partition coefficient (Wildman–Crippen LogP) is -0.656. The van der Waals surface area contributed by atoms with Crippen LogP contribution in [0.1, 0.15) is 13.8 Å². The highest BCUT2D eigenvalue weighted by atomic mass is 16.3. The molecule has 0 fully saturated rings. The molecule has 1 aromatic heterocycles. The molecule has 1 rings (SSSR count). The molecule has 0 radical (unpaired) electrons. The summed E-state index contributed by atoms with van der Waals surface area (Å²) < 4.78 is 1.64. The van der Waals surface area contributed by atoms with Gasteiger partial charge in [-0.25, -0.2) is 0 Å². The summed E-state index contributed by atoms with van der Waals surface area (Å²) in [4.78, 5) is 11.1. The summed E-state index contributed by atoms with van der Waals surface area (Å²) in [7, 11) is 0. The zero-order valence-corrected chi connectivity index (χ0v) is 10.2. The van der Waals surface area contributed by atoms with E-state index in [1.165, 1.54) is 0 Å². The molecule has 0 saturated heterocycles. The van der Waals surface area contributed by atoms with Gasteiger partial charge in [0.1, 0.15) is 0 Å². The van der Waals surface area contributed by atoms with E-state index in [2.05, 4.69) is 10.4 Å². The van der Waals surface area contributed by atoms with Crippen LogP contribution in [0.4, 0.5) is 0 Å². The lowest BCUT2D eigenvalue weighted by Crippen LogP contribution is -2.48. The lowest BCUT2D eigenvalue weighted by atomic mass is 10.0. The highest BCUT2D eigenvalue weighted by molar-refractivity contribution is 5.80. The summed E-state index contributed by atoms with van der Waals surface area (Å²) in [5, 5.41) is 16.7. The third-order valence-electron chi connectivity index (χ3n) is 2.50. The molecule has 4 N–H and O–H groups in total. The number of aromatic nitrogens is 2. The largest absolute Gasteiger partial charge is 0.390 e. The summed E-state index contributed by atoms with van der Waals surface area (Å²) in [5.41, 5.74) is 5.26. The summed E-state index contributed by atoms with van der Waals surface area (Å²) in [6.45, 7) is 4.51. The standard InChI is InChI=1S/C11H20N4O2/c1-8(2)10(11(12)17)13-6-9(16)7-15-5-3-4-14-15/h3-5,8-10,13,16H,6-7H2,1-2H3,(H2,12,17). The average molecular weight is 240 g/mol. The van der Waals surface area contributed by atoms with Gasteiger partial charge in [-0.3, -0.25) is 9.48 Å². The molecular formula is C11H20N4O2. The third kappa shape index (κ3) is 4.54. The highest BCUT2D eigenvalue weighted by Crippen LogP contribution is 2.01. The van der Waals surface area contributed by atoms with Gasteiger partial charge in [0.25, 0.3) is 0 Å². The topological polar surface area (TPSA) is 93.2 Å². The van der Waals surface area contributed by atoms with E-state index in [0.717, 1.165) is 0 Å². The van der Waals surface area contributed by atoms with Crippen LogP contribution < -0.4 is 11.1 Å². The first kappa shape index (κ1) is 13.7. The summed E-state index contributed by atoms with van der Waals surface area (Å²) >= 11 is 0. The number of aliphatic hydroxyl groups excluding tert-OH is 1. The van der Waals surface area contributed by atoms with Crippen molar-refractivity contribution in [3.63, 3.8) is 0 Å². The molecule has 0 aliphatic heterocycles. The van der Waals surface area contributed by atoms with Crippen LogP contribution in [0.25, 0.3) is 0 Å². The molecule has 0 spiro atoms. The van der Waals surface area contributed by atoms with Crippen molar-refractivity contribution in [3.05, 3.63) is 18.5 Å². The van der Waals surface area contributed by atoms with Crippen LogP contribution in [-0.4, -0.2) is 39.5 Å². The molecule has 0 aliphatic carbocycles. The number of amides is 1. The van der Waals surface area contributed by atoms with Crippen LogP contribution in [0, 0.1) is 5.92 Å². The number of hydrogen-bond acceptors (Lipinski definition) is 4. The Morgan fingerprint density at radius 1 is 1.59 bits per heavy atom. The van der Waals surface area contributed by atoms with E-state index in [0.29, 0.717) is 13.1 Å². The first-order chi connectivity index (χ1) is 8.00. The first-order valence-corrected chi connectivity index (χ1v) is 5.69. The van der Waals surface area contributed by atoms with Gasteiger partial charge in [0.2, 0.25) is 5.91 Å². The minimum absolute atomic E-state index is 0.101. The molecule has 1 amide bonds. The van der Waals surface area contributed by atoms with Gasteiger partial charge >= 0.3 is 0 Å². The maximum atomic E-state index is 11.1. The molecule has 0 saturated carbocycles. The molecule has 2 atom stereocenters. The number of carbonyl (C=O) groups is 1. The molecule has 96 valence electrons. The first-order valence-electron chi connectivity index (χ1n) is 5.69. The van der Waals surface area contributed by atoms with Gasteiger partial charge in [-0.05, 0) is 12.0 Å². The SMILES string of the molecule is CC(C)C(NCC(O)Cn1cccn1)C(N)=O. The van der Waals surface area contributed by atoms with Crippen LogP contribution in [0.15, 0.2) is 18.5 Å². The summed E-state index contributed by atoms with van der Waals surface area (Å²) in [5.74, 6) is -0.296. The number of rotatable bonds is 7. The molecule has 17 heavy (non-hydrogen) atoms. The zero-order chi connectivity index (χ0) is 12.8. The van der Waals surface area contributed by atoms with E-state index in [9.17, 15) is 9.90 Å². The quantitative estimate of drug-likeness (QED) is 0.590. The van der Waals surface area contributed by atoms with E-state index in [4.69, 9.17) is 5.73 Å². The normalized spacial score (nSPS) is 14.8. The third-order valence-corrected chi connectivity index (χ3v) is 2.50. The monoisotopic (exact) mass is 240 g/mol. The second kappa shape index (κ2) is 6.36. The Hall–Kier alpha value is -1.40. The van der Waals surface area contributed by atoms with Crippen molar-refractivity contribution >= 4 is 5.91 Å². The van der Waals surface area contributed by atoms with Gasteiger partial charge in [-0.15, -0.1) is 0 Å². The van der Waals surface area contributed by atoms with Crippen molar-refractivity contribution in [3.8, 4) is 0 Å². The van der Waals surface area contributed by atoms with Gasteiger partial charge in [0, 0.05) is 18.9 Å². The molecule has 1 aromatic rings. The predicted molar refractivity (Wildman–Crippen MR) is 64.1 cm³/mol. The average Bonchev–Trinajstić information content (AvgIpc) is 2.69. The van der Waals surface area contributed by atoms with E-state index >= 15 is 0 Å². The minimum atomic E-state index is -0.601. The molecule has 2 unspecified atom stereocenters. The van der Waals surface area contributed by atoms with Gasteiger partial charge in [-0.1, -0.05) is 13.8 Å². The molecule has 0 bridgehead atoms. The Kier molecular flexibility index (Phi) is 5.11. The highest BCUT2D eigenvalue weighted by Gasteiger charge is 2.19.